The second-order valence-electron chi connectivity index (χ2n) is 13.5. The highest BCUT2D eigenvalue weighted by atomic mass is 15.1. The Balaban J connectivity index is 0.983. The van der Waals surface area contributed by atoms with Crippen LogP contribution in [-0.4, -0.2) is 9.97 Å². The fraction of sp³-hybridized carbons (Fsp3) is 0. The molecule has 8 aromatic carbocycles. The molecule has 0 aliphatic heterocycles. The van der Waals surface area contributed by atoms with E-state index >= 15 is 0 Å². The van der Waals surface area contributed by atoms with Gasteiger partial charge >= 0.3 is 0 Å². The van der Waals surface area contributed by atoms with E-state index in [1.807, 2.05) is 36.4 Å². The first-order valence-electron chi connectivity index (χ1n) is 18.6. The lowest BCUT2D eigenvalue weighted by molar-refractivity contribution is 1.18. The minimum Gasteiger partial charge on any atom is -0.311 e. The van der Waals surface area contributed by atoms with Crippen molar-refractivity contribution in [2.75, 3.05) is 4.90 Å². The van der Waals surface area contributed by atoms with Crippen molar-refractivity contribution >= 4 is 17.1 Å². The lowest BCUT2D eigenvalue weighted by Crippen LogP contribution is -2.09. The SMILES string of the molecule is c1ccc(-c2ccc(-c3ccc(N(c4ccccc4)c4ccc(-c5ccc(-c6cc(-c7ccccc7)nc(-c7ccccc7)n6)cc5)cc4)cc3)cc2)cc1. The Bertz CT molecular complexity index is 2570. The van der Waals surface area contributed by atoms with Crippen LogP contribution in [-0.2, 0) is 0 Å². The minimum absolute atomic E-state index is 0.715. The monoisotopic (exact) mass is 703 g/mol. The average Bonchev–Trinajstić information content (AvgIpc) is 3.28. The third kappa shape index (κ3) is 7.33. The summed E-state index contributed by atoms with van der Waals surface area (Å²) >= 11 is 0. The second kappa shape index (κ2) is 15.3. The van der Waals surface area contributed by atoms with E-state index in [0.29, 0.717) is 5.82 Å². The molecule has 0 saturated heterocycles. The van der Waals surface area contributed by atoms with E-state index in [4.69, 9.17) is 9.97 Å². The molecule has 0 aliphatic rings. The van der Waals surface area contributed by atoms with Crippen LogP contribution in [0.1, 0.15) is 0 Å². The summed E-state index contributed by atoms with van der Waals surface area (Å²) in [5.41, 5.74) is 15.3. The summed E-state index contributed by atoms with van der Waals surface area (Å²) < 4.78 is 0. The summed E-state index contributed by atoms with van der Waals surface area (Å²) in [5, 5.41) is 0. The summed E-state index contributed by atoms with van der Waals surface area (Å²) in [7, 11) is 0. The van der Waals surface area contributed by atoms with Gasteiger partial charge in [0.25, 0.3) is 0 Å². The van der Waals surface area contributed by atoms with Crippen molar-refractivity contribution in [3.63, 3.8) is 0 Å². The molecule has 0 N–H and O–H groups in total. The van der Waals surface area contributed by atoms with Crippen LogP contribution in [0.5, 0.6) is 0 Å². The fourth-order valence-corrected chi connectivity index (χ4v) is 7.02. The maximum atomic E-state index is 5.01. The van der Waals surface area contributed by atoms with Crippen LogP contribution in [0.4, 0.5) is 17.1 Å². The summed E-state index contributed by atoms with van der Waals surface area (Å²) in [6, 6.07) is 78.7. The van der Waals surface area contributed by atoms with Crippen molar-refractivity contribution in [1.29, 1.82) is 0 Å². The number of rotatable bonds is 9. The van der Waals surface area contributed by atoms with Crippen LogP contribution in [0.15, 0.2) is 224 Å². The van der Waals surface area contributed by atoms with Gasteiger partial charge in [0, 0.05) is 33.8 Å². The third-order valence-electron chi connectivity index (χ3n) is 9.93. The Morgan fingerprint density at radius 3 is 0.927 bits per heavy atom. The lowest BCUT2D eigenvalue weighted by atomic mass is 10.00. The maximum Gasteiger partial charge on any atom is 0.160 e. The quantitative estimate of drug-likeness (QED) is 0.150. The number of hydrogen-bond donors (Lipinski definition) is 0. The Hall–Kier alpha value is -7.36. The second-order valence-corrected chi connectivity index (χ2v) is 13.5. The highest BCUT2D eigenvalue weighted by molar-refractivity contribution is 5.81. The van der Waals surface area contributed by atoms with Gasteiger partial charge in [-0.1, -0.05) is 182 Å². The first-order chi connectivity index (χ1) is 27.2. The smallest absolute Gasteiger partial charge is 0.160 e. The van der Waals surface area contributed by atoms with Gasteiger partial charge < -0.3 is 4.90 Å². The molecule has 55 heavy (non-hydrogen) atoms. The molecule has 0 spiro atoms. The van der Waals surface area contributed by atoms with E-state index in [1.165, 1.54) is 22.3 Å². The molecule has 0 fully saturated rings. The molecule has 0 unspecified atom stereocenters. The number of para-hydroxylation sites is 1. The molecule has 3 heteroatoms. The van der Waals surface area contributed by atoms with Crippen molar-refractivity contribution in [1.82, 2.24) is 9.97 Å². The largest absolute Gasteiger partial charge is 0.311 e. The van der Waals surface area contributed by atoms with Gasteiger partial charge in [0.2, 0.25) is 0 Å². The number of benzene rings is 8. The molecule has 0 bridgehead atoms. The number of nitrogens with zero attached hydrogens (tertiary/aromatic N) is 3. The minimum atomic E-state index is 0.715. The average molecular weight is 704 g/mol. The fourth-order valence-electron chi connectivity index (χ4n) is 7.02. The first-order valence-corrected chi connectivity index (χ1v) is 18.6. The molecule has 0 atom stereocenters. The lowest BCUT2D eigenvalue weighted by Gasteiger charge is -2.26. The van der Waals surface area contributed by atoms with Gasteiger partial charge in [-0.2, -0.15) is 0 Å². The molecule has 0 saturated carbocycles. The molecule has 1 heterocycles. The predicted octanol–water partition coefficient (Wildman–Crippen LogP) is 13.9. The molecule has 9 rings (SSSR count). The van der Waals surface area contributed by atoms with E-state index in [1.54, 1.807) is 0 Å². The summed E-state index contributed by atoms with van der Waals surface area (Å²) in [4.78, 5) is 12.3. The Morgan fingerprint density at radius 2 is 0.509 bits per heavy atom. The zero-order chi connectivity index (χ0) is 36.8. The molecule has 260 valence electrons. The highest BCUT2D eigenvalue weighted by Crippen LogP contribution is 2.37. The molecule has 0 radical (unpaired) electrons. The van der Waals surface area contributed by atoms with Crippen LogP contribution >= 0.6 is 0 Å². The Labute approximate surface area is 322 Å². The number of aromatic nitrogens is 2. The number of hydrogen-bond acceptors (Lipinski definition) is 3. The molecular weight excluding hydrogens is 667 g/mol. The van der Waals surface area contributed by atoms with Crippen LogP contribution in [0.25, 0.3) is 67.3 Å². The standard InChI is InChI=1S/C52H37N3/c1-5-13-38(14-6-1)39-21-23-40(24-22-39)42-29-33-48(34-30-42)55(47-19-11-4-12-20-47)49-35-31-43(32-36-49)41-25-27-45(28-26-41)51-37-50(44-15-7-2-8-16-44)53-52(54-51)46-17-9-3-10-18-46/h1-37H. The van der Waals surface area contributed by atoms with E-state index < -0.39 is 0 Å². The predicted molar refractivity (Wildman–Crippen MR) is 229 cm³/mol. The summed E-state index contributed by atoms with van der Waals surface area (Å²) in [5.74, 6) is 0.715. The zero-order valence-corrected chi connectivity index (χ0v) is 30.2. The van der Waals surface area contributed by atoms with Gasteiger partial charge in [-0.25, -0.2) is 9.97 Å². The van der Waals surface area contributed by atoms with E-state index in [9.17, 15) is 0 Å². The van der Waals surface area contributed by atoms with Gasteiger partial charge in [0.15, 0.2) is 5.82 Å². The van der Waals surface area contributed by atoms with Gasteiger partial charge in [-0.15, -0.1) is 0 Å². The Morgan fingerprint density at radius 1 is 0.236 bits per heavy atom. The normalized spacial score (nSPS) is 10.9. The number of anilines is 3. The highest BCUT2D eigenvalue weighted by Gasteiger charge is 2.14. The van der Waals surface area contributed by atoms with Gasteiger partial charge in [0.1, 0.15) is 0 Å². The maximum absolute atomic E-state index is 5.01. The van der Waals surface area contributed by atoms with Crippen molar-refractivity contribution in [2.24, 2.45) is 0 Å². The molecule has 1 aromatic heterocycles. The molecular formula is C52H37N3. The van der Waals surface area contributed by atoms with Crippen LogP contribution in [0, 0.1) is 0 Å². The van der Waals surface area contributed by atoms with Crippen LogP contribution in [0.3, 0.4) is 0 Å². The van der Waals surface area contributed by atoms with Crippen molar-refractivity contribution in [2.45, 2.75) is 0 Å². The molecule has 9 aromatic rings. The topological polar surface area (TPSA) is 29.0 Å². The third-order valence-corrected chi connectivity index (χ3v) is 9.93. The van der Waals surface area contributed by atoms with Gasteiger partial charge in [-0.05, 0) is 75.8 Å². The molecule has 3 nitrogen and oxygen atoms in total. The van der Waals surface area contributed by atoms with Crippen molar-refractivity contribution in [3.05, 3.63) is 224 Å². The Kier molecular flexibility index (Phi) is 9.32. The van der Waals surface area contributed by atoms with E-state index in [0.717, 1.165) is 56.3 Å². The van der Waals surface area contributed by atoms with Crippen molar-refractivity contribution in [3.8, 4) is 67.3 Å². The van der Waals surface area contributed by atoms with Crippen LogP contribution in [0.2, 0.25) is 0 Å². The molecule has 0 aliphatic carbocycles. The first kappa shape index (κ1) is 33.5. The van der Waals surface area contributed by atoms with E-state index in [2.05, 4.69) is 193 Å². The molecule has 0 amide bonds. The van der Waals surface area contributed by atoms with E-state index in [-0.39, 0.29) is 0 Å². The van der Waals surface area contributed by atoms with Gasteiger partial charge in [0.05, 0.1) is 11.4 Å². The van der Waals surface area contributed by atoms with Crippen molar-refractivity contribution < 1.29 is 0 Å². The summed E-state index contributed by atoms with van der Waals surface area (Å²) in [6.45, 7) is 0. The van der Waals surface area contributed by atoms with Gasteiger partial charge in [-0.3, -0.25) is 0 Å². The summed E-state index contributed by atoms with van der Waals surface area (Å²) in [6.07, 6.45) is 0. The zero-order valence-electron chi connectivity index (χ0n) is 30.2. The van der Waals surface area contributed by atoms with Crippen LogP contribution < -0.4 is 4.90 Å².